The van der Waals surface area contributed by atoms with E-state index in [1.807, 2.05) is 45.0 Å². The third-order valence-corrected chi connectivity index (χ3v) is 3.98. The van der Waals surface area contributed by atoms with E-state index in [0.29, 0.717) is 0 Å². The van der Waals surface area contributed by atoms with Crippen molar-refractivity contribution >= 4 is 23.4 Å². The van der Waals surface area contributed by atoms with E-state index in [1.165, 1.54) is 11.8 Å². The van der Waals surface area contributed by atoms with Gasteiger partial charge in [0.05, 0.1) is 5.25 Å². The van der Waals surface area contributed by atoms with Gasteiger partial charge < -0.3 is 11.1 Å². The van der Waals surface area contributed by atoms with Gasteiger partial charge in [-0.1, -0.05) is 13.0 Å². The molecule has 0 aliphatic rings. The number of nitrogen functional groups attached to an aromatic ring is 1. The first-order valence-corrected chi connectivity index (χ1v) is 7.06. The van der Waals surface area contributed by atoms with Crippen LogP contribution in [0.1, 0.15) is 34.1 Å². The van der Waals surface area contributed by atoms with E-state index in [-0.39, 0.29) is 16.7 Å². The van der Waals surface area contributed by atoms with Crippen LogP contribution < -0.4 is 11.1 Å². The van der Waals surface area contributed by atoms with Crippen LogP contribution in [0.5, 0.6) is 0 Å². The number of anilines is 1. The number of nitrogens with two attached hydrogens (primary N) is 1. The molecule has 100 valence electrons. The lowest BCUT2D eigenvalue weighted by molar-refractivity contribution is -0.121. The number of hydrogen-bond donors (Lipinski definition) is 2. The van der Waals surface area contributed by atoms with Crippen molar-refractivity contribution in [1.82, 2.24) is 5.32 Å². The number of rotatable bonds is 5. The summed E-state index contributed by atoms with van der Waals surface area (Å²) in [5, 5.41) is 2.92. The van der Waals surface area contributed by atoms with Gasteiger partial charge in [-0.2, -0.15) is 0 Å². The van der Waals surface area contributed by atoms with Gasteiger partial charge in [0, 0.05) is 16.1 Å². The second kappa shape index (κ2) is 6.14. The maximum Gasteiger partial charge on any atom is 0.233 e. The van der Waals surface area contributed by atoms with Gasteiger partial charge in [-0.05, 0) is 45.4 Å². The molecule has 1 rings (SSSR count). The third kappa shape index (κ3) is 4.61. The fraction of sp³-hybridized carbons (Fsp3) is 0.500. The molecule has 0 saturated carbocycles. The Kier molecular flexibility index (Phi) is 5.08. The zero-order valence-corrected chi connectivity index (χ0v) is 12.3. The molecule has 0 radical (unpaired) electrons. The maximum absolute atomic E-state index is 12.0. The standard InChI is InChI=1S/C14H22N2OS/c1-5-14(3,4)16-13(17)10(2)18-12-8-6-7-11(15)9-12/h6-10H,5,15H2,1-4H3,(H,16,17). The number of hydrogen-bond acceptors (Lipinski definition) is 3. The lowest BCUT2D eigenvalue weighted by atomic mass is 10.0. The lowest BCUT2D eigenvalue weighted by Gasteiger charge is -2.26. The summed E-state index contributed by atoms with van der Waals surface area (Å²) in [6.45, 7) is 8.04. The van der Waals surface area contributed by atoms with Crippen molar-refractivity contribution in [1.29, 1.82) is 0 Å². The van der Waals surface area contributed by atoms with E-state index < -0.39 is 0 Å². The van der Waals surface area contributed by atoms with Gasteiger partial charge in [0.25, 0.3) is 0 Å². The molecule has 0 heterocycles. The van der Waals surface area contributed by atoms with Gasteiger partial charge in [0.1, 0.15) is 0 Å². The SMILES string of the molecule is CCC(C)(C)NC(=O)C(C)Sc1cccc(N)c1. The molecule has 1 unspecified atom stereocenters. The molecule has 0 aliphatic carbocycles. The van der Waals surface area contributed by atoms with Gasteiger partial charge >= 0.3 is 0 Å². The number of thioether (sulfide) groups is 1. The Morgan fingerprint density at radius 3 is 2.72 bits per heavy atom. The van der Waals surface area contributed by atoms with Crippen LogP contribution >= 0.6 is 11.8 Å². The first-order valence-electron chi connectivity index (χ1n) is 6.18. The van der Waals surface area contributed by atoms with E-state index in [4.69, 9.17) is 5.73 Å². The number of amides is 1. The van der Waals surface area contributed by atoms with Gasteiger partial charge in [-0.15, -0.1) is 11.8 Å². The average Bonchev–Trinajstić information content (AvgIpc) is 2.28. The van der Waals surface area contributed by atoms with E-state index in [1.54, 1.807) is 0 Å². The van der Waals surface area contributed by atoms with Crippen LogP contribution in [-0.4, -0.2) is 16.7 Å². The van der Waals surface area contributed by atoms with E-state index in [9.17, 15) is 4.79 Å². The highest BCUT2D eigenvalue weighted by atomic mass is 32.2. The Balaban J connectivity index is 2.60. The molecule has 0 saturated heterocycles. The molecular weight excluding hydrogens is 244 g/mol. The van der Waals surface area contributed by atoms with E-state index >= 15 is 0 Å². The highest BCUT2D eigenvalue weighted by molar-refractivity contribution is 8.00. The summed E-state index contributed by atoms with van der Waals surface area (Å²) in [6.07, 6.45) is 0.911. The minimum Gasteiger partial charge on any atom is -0.399 e. The second-order valence-corrected chi connectivity index (χ2v) is 6.47. The zero-order valence-electron chi connectivity index (χ0n) is 11.5. The largest absolute Gasteiger partial charge is 0.399 e. The van der Waals surface area contributed by atoms with Crippen LogP contribution in [0.25, 0.3) is 0 Å². The molecular formula is C14H22N2OS. The molecule has 0 fully saturated rings. The van der Waals surface area contributed by atoms with Crippen LogP contribution in [0, 0.1) is 0 Å². The average molecular weight is 266 g/mol. The Labute approximate surface area is 114 Å². The molecule has 0 bridgehead atoms. The number of carbonyl (C=O) groups excluding carboxylic acids is 1. The maximum atomic E-state index is 12.0. The van der Waals surface area contributed by atoms with Crippen molar-refractivity contribution in [3.63, 3.8) is 0 Å². The molecule has 0 aromatic heterocycles. The lowest BCUT2D eigenvalue weighted by Crippen LogP contribution is -2.46. The number of nitrogens with one attached hydrogen (secondary N) is 1. The predicted octanol–water partition coefficient (Wildman–Crippen LogP) is 3.05. The first-order chi connectivity index (χ1) is 8.34. The number of benzene rings is 1. The minimum absolute atomic E-state index is 0.0641. The monoisotopic (exact) mass is 266 g/mol. The highest BCUT2D eigenvalue weighted by Crippen LogP contribution is 2.25. The minimum atomic E-state index is -0.151. The van der Waals surface area contributed by atoms with Crippen molar-refractivity contribution in [2.45, 2.75) is 49.8 Å². The summed E-state index contributed by atoms with van der Waals surface area (Å²) < 4.78 is 0. The number of carbonyl (C=O) groups is 1. The highest BCUT2D eigenvalue weighted by Gasteiger charge is 2.22. The van der Waals surface area contributed by atoms with Gasteiger partial charge in [0.15, 0.2) is 0 Å². The van der Waals surface area contributed by atoms with Crippen LogP contribution in [0.4, 0.5) is 5.69 Å². The van der Waals surface area contributed by atoms with Crippen LogP contribution in [0.15, 0.2) is 29.2 Å². The quantitative estimate of drug-likeness (QED) is 0.636. The van der Waals surface area contributed by atoms with E-state index in [2.05, 4.69) is 12.2 Å². The van der Waals surface area contributed by atoms with Gasteiger partial charge in [-0.25, -0.2) is 0 Å². The molecule has 18 heavy (non-hydrogen) atoms. The first kappa shape index (κ1) is 14.9. The Morgan fingerprint density at radius 1 is 1.50 bits per heavy atom. The molecule has 3 N–H and O–H groups in total. The second-order valence-electron chi connectivity index (χ2n) is 5.06. The normalized spacial score (nSPS) is 13.1. The van der Waals surface area contributed by atoms with Crippen LogP contribution in [-0.2, 0) is 4.79 Å². The molecule has 3 nitrogen and oxygen atoms in total. The molecule has 0 spiro atoms. The van der Waals surface area contributed by atoms with Crippen LogP contribution in [0.2, 0.25) is 0 Å². The summed E-state index contributed by atoms with van der Waals surface area (Å²) in [7, 11) is 0. The van der Waals surface area contributed by atoms with E-state index in [0.717, 1.165) is 17.0 Å². The fourth-order valence-electron chi connectivity index (χ4n) is 1.37. The summed E-state index contributed by atoms with van der Waals surface area (Å²) >= 11 is 1.52. The topological polar surface area (TPSA) is 55.1 Å². The summed E-state index contributed by atoms with van der Waals surface area (Å²) in [5.41, 5.74) is 6.29. The molecule has 1 amide bonds. The summed E-state index contributed by atoms with van der Waals surface area (Å²) in [6, 6.07) is 7.60. The molecule has 1 aromatic rings. The predicted molar refractivity (Wildman–Crippen MR) is 78.7 cm³/mol. The third-order valence-electron chi connectivity index (χ3n) is 2.89. The molecule has 4 heteroatoms. The molecule has 1 atom stereocenters. The van der Waals surface area contributed by atoms with Crippen molar-refractivity contribution in [2.24, 2.45) is 0 Å². The van der Waals surface area contributed by atoms with Gasteiger partial charge in [-0.3, -0.25) is 4.79 Å². The Hall–Kier alpha value is -1.16. The Morgan fingerprint density at radius 2 is 2.17 bits per heavy atom. The van der Waals surface area contributed by atoms with Gasteiger partial charge in [0.2, 0.25) is 5.91 Å². The van der Waals surface area contributed by atoms with Crippen LogP contribution in [0.3, 0.4) is 0 Å². The zero-order chi connectivity index (χ0) is 13.8. The van der Waals surface area contributed by atoms with Crippen molar-refractivity contribution < 1.29 is 4.79 Å². The molecule has 0 aliphatic heterocycles. The Bertz CT molecular complexity index is 418. The van der Waals surface area contributed by atoms with Crippen molar-refractivity contribution in [3.8, 4) is 0 Å². The fourth-order valence-corrected chi connectivity index (χ4v) is 2.30. The smallest absolute Gasteiger partial charge is 0.233 e. The summed E-state index contributed by atoms with van der Waals surface area (Å²) in [5.74, 6) is 0.0641. The summed E-state index contributed by atoms with van der Waals surface area (Å²) in [4.78, 5) is 13.1. The molecule has 1 aromatic carbocycles. The van der Waals surface area contributed by atoms with Crippen molar-refractivity contribution in [3.05, 3.63) is 24.3 Å². The van der Waals surface area contributed by atoms with Crippen molar-refractivity contribution in [2.75, 3.05) is 5.73 Å².